The van der Waals surface area contributed by atoms with Gasteiger partial charge in [-0.3, -0.25) is 0 Å². The SMILES string of the molecule is N#Cc1ccc(-c2cc(-c3nc(-c4ccccc4)nc(-c4ccccc4)n3)cc(-c3ccc(C#N)cc3C#N)c2-n2c3ccccc3c3c4sc5ccccc5c4ccc32)c(C#N)c1. The van der Waals surface area contributed by atoms with Gasteiger partial charge in [-0.25, -0.2) is 15.0 Å². The lowest BCUT2D eigenvalue weighted by molar-refractivity contribution is 1.07. The summed E-state index contributed by atoms with van der Waals surface area (Å²) in [4.78, 5) is 15.2. The van der Waals surface area contributed by atoms with Gasteiger partial charge in [0.15, 0.2) is 17.5 Å². The van der Waals surface area contributed by atoms with Gasteiger partial charge in [-0.05, 0) is 54.6 Å². The quantitative estimate of drug-likeness (QED) is 0.162. The van der Waals surface area contributed by atoms with Gasteiger partial charge >= 0.3 is 0 Å². The summed E-state index contributed by atoms with van der Waals surface area (Å²) in [7, 11) is 0. The molecule has 0 saturated heterocycles. The van der Waals surface area contributed by atoms with Crippen molar-refractivity contribution in [2.75, 3.05) is 0 Å². The molecule has 11 rings (SSSR count). The van der Waals surface area contributed by atoms with E-state index in [1.54, 1.807) is 35.6 Å². The number of nitrogens with zero attached hydrogens (tertiary/aromatic N) is 8. The van der Waals surface area contributed by atoms with Crippen LogP contribution >= 0.6 is 11.3 Å². The van der Waals surface area contributed by atoms with E-state index in [0.29, 0.717) is 73.2 Å². The molecule has 11 aromatic rings. The summed E-state index contributed by atoms with van der Waals surface area (Å²) >= 11 is 1.75. The number of aromatic nitrogens is 4. The lowest BCUT2D eigenvalue weighted by atomic mass is 9.88. The third kappa shape index (κ3) is 6.13. The number of thiophene rings is 1. The molecule has 0 radical (unpaired) electrons. The zero-order chi connectivity index (χ0) is 43.3. The normalized spacial score (nSPS) is 11.1. The molecule has 0 saturated carbocycles. The van der Waals surface area contributed by atoms with Crippen LogP contribution in [-0.4, -0.2) is 19.5 Å². The van der Waals surface area contributed by atoms with Gasteiger partial charge in [0.05, 0.1) is 63.3 Å². The van der Waals surface area contributed by atoms with Crippen LogP contribution in [0, 0.1) is 45.3 Å². The molecule has 3 aromatic heterocycles. The Hall–Kier alpha value is -9.25. The molecule has 0 atom stereocenters. The fourth-order valence-corrected chi connectivity index (χ4v) is 9.97. The Balaban J connectivity index is 1.33. The Morgan fingerprint density at radius 1 is 0.406 bits per heavy atom. The maximum atomic E-state index is 10.8. The molecule has 0 aliphatic carbocycles. The highest BCUT2D eigenvalue weighted by Crippen LogP contribution is 2.48. The van der Waals surface area contributed by atoms with Crippen LogP contribution in [0.4, 0.5) is 0 Å². The Labute approximate surface area is 370 Å². The molecule has 294 valence electrons. The third-order valence-corrected chi connectivity index (χ3v) is 12.8. The van der Waals surface area contributed by atoms with E-state index in [2.05, 4.69) is 77.4 Å². The van der Waals surface area contributed by atoms with Gasteiger partial charge in [0, 0.05) is 69.9 Å². The van der Waals surface area contributed by atoms with E-state index in [-0.39, 0.29) is 0 Å². The minimum atomic E-state index is 0.294. The topological polar surface area (TPSA) is 139 Å². The Morgan fingerprint density at radius 3 is 1.48 bits per heavy atom. The van der Waals surface area contributed by atoms with E-state index >= 15 is 0 Å². The molecule has 0 aliphatic heterocycles. The second-order valence-electron chi connectivity index (χ2n) is 15.2. The fourth-order valence-electron chi connectivity index (χ4n) is 8.71. The predicted octanol–water partition coefficient (Wildman–Crippen LogP) is 13.2. The number of benzene rings is 8. The highest BCUT2D eigenvalue weighted by Gasteiger charge is 2.26. The van der Waals surface area contributed by atoms with Crippen molar-refractivity contribution in [3.8, 4) is 86.4 Å². The molecule has 0 fully saturated rings. The van der Waals surface area contributed by atoms with Gasteiger partial charge in [-0.2, -0.15) is 21.0 Å². The average molecular weight is 833 g/mol. The predicted molar refractivity (Wildman–Crippen MR) is 253 cm³/mol. The summed E-state index contributed by atoms with van der Waals surface area (Å²) < 4.78 is 4.55. The Bertz CT molecular complexity index is 3740. The lowest BCUT2D eigenvalue weighted by Crippen LogP contribution is -2.05. The zero-order valence-electron chi connectivity index (χ0n) is 33.7. The number of nitriles is 4. The Kier molecular flexibility index (Phi) is 9.04. The first-order chi connectivity index (χ1) is 31.5. The molecular weight excluding hydrogens is 805 g/mol. The van der Waals surface area contributed by atoms with Crippen molar-refractivity contribution >= 4 is 53.3 Å². The number of rotatable bonds is 6. The van der Waals surface area contributed by atoms with Crippen LogP contribution in [0.2, 0.25) is 0 Å². The molecule has 0 aliphatic rings. The number of hydrogen-bond donors (Lipinski definition) is 0. The van der Waals surface area contributed by atoms with Crippen molar-refractivity contribution in [2.24, 2.45) is 0 Å². The fraction of sp³-hybridized carbons (Fsp3) is 0. The first-order valence-electron chi connectivity index (χ1n) is 20.3. The summed E-state index contributed by atoms with van der Waals surface area (Å²) in [5, 5.41) is 46.1. The molecular formula is C55H28N8S. The van der Waals surface area contributed by atoms with Crippen LogP contribution in [0.15, 0.2) is 170 Å². The summed E-state index contributed by atoms with van der Waals surface area (Å²) in [5.41, 5.74) is 8.43. The first kappa shape index (κ1) is 37.7. The maximum Gasteiger partial charge on any atom is 0.164 e. The minimum Gasteiger partial charge on any atom is -0.308 e. The van der Waals surface area contributed by atoms with Crippen molar-refractivity contribution in [3.05, 3.63) is 192 Å². The van der Waals surface area contributed by atoms with E-state index in [4.69, 9.17) is 15.0 Å². The van der Waals surface area contributed by atoms with Gasteiger partial charge in [0.2, 0.25) is 0 Å². The number of hydrogen-bond acceptors (Lipinski definition) is 8. The van der Waals surface area contributed by atoms with Crippen LogP contribution in [0.25, 0.3) is 104 Å². The molecule has 8 aromatic carbocycles. The van der Waals surface area contributed by atoms with Crippen LogP contribution < -0.4 is 0 Å². The van der Waals surface area contributed by atoms with Crippen molar-refractivity contribution in [3.63, 3.8) is 0 Å². The standard InChI is InChI=1S/C55H28N8S/c56-29-33-19-21-40(38(25-33)31-58)45-27-37(55-61-53(35-11-3-1-4-12-35)60-54(62-55)36-13-5-2-6-14-36)28-46(41-22-20-34(30-57)26-39(41)32-59)51(45)63-47-17-9-7-16-44(47)50-48(63)24-23-43-42-15-8-10-18-49(42)64-52(43)50/h1-28H. The highest BCUT2D eigenvalue weighted by atomic mass is 32.1. The summed E-state index contributed by atoms with van der Waals surface area (Å²) in [6.45, 7) is 0. The molecule has 8 nitrogen and oxygen atoms in total. The van der Waals surface area contributed by atoms with Gasteiger partial charge in [-0.15, -0.1) is 11.3 Å². The molecule has 0 spiro atoms. The van der Waals surface area contributed by atoms with E-state index in [1.807, 2.05) is 97.1 Å². The van der Waals surface area contributed by atoms with E-state index in [0.717, 1.165) is 43.0 Å². The van der Waals surface area contributed by atoms with E-state index < -0.39 is 0 Å². The molecule has 0 N–H and O–H groups in total. The van der Waals surface area contributed by atoms with Crippen molar-refractivity contribution in [1.82, 2.24) is 19.5 Å². The highest BCUT2D eigenvalue weighted by molar-refractivity contribution is 7.26. The molecule has 9 heteroatoms. The van der Waals surface area contributed by atoms with Crippen LogP contribution in [0.1, 0.15) is 22.3 Å². The maximum absolute atomic E-state index is 10.8. The van der Waals surface area contributed by atoms with Crippen LogP contribution in [-0.2, 0) is 0 Å². The minimum absolute atomic E-state index is 0.294. The summed E-state index contributed by atoms with van der Waals surface area (Å²) in [6, 6.07) is 63.9. The summed E-state index contributed by atoms with van der Waals surface area (Å²) in [6.07, 6.45) is 0. The first-order valence-corrected chi connectivity index (χ1v) is 21.1. The molecule has 0 bridgehead atoms. The van der Waals surface area contributed by atoms with E-state index in [9.17, 15) is 21.0 Å². The van der Waals surface area contributed by atoms with Crippen LogP contribution in [0.5, 0.6) is 0 Å². The molecule has 0 amide bonds. The van der Waals surface area contributed by atoms with Crippen molar-refractivity contribution in [1.29, 1.82) is 21.0 Å². The summed E-state index contributed by atoms with van der Waals surface area (Å²) in [5.74, 6) is 1.31. The second-order valence-corrected chi connectivity index (χ2v) is 16.3. The Morgan fingerprint density at radius 2 is 0.922 bits per heavy atom. The number of para-hydroxylation sites is 1. The zero-order valence-corrected chi connectivity index (χ0v) is 34.5. The second kappa shape index (κ2) is 15.3. The van der Waals surface area contributed by atoms with Crippen molar-refractivity contribution in [2.45, 2.75) is 0 Å². The lowest BCUT2D eigenvalue weighted by Gasteiger charge is -2.22. The largest absolute Gasteiger partial charge is 0.308 e. The van der Waals surface area contributed by atoms with Gasteiger partial charge in [-0.1, -0.05) is 115 Å². The van der Waals surface area contributed by atoms with Gasteiger partial charge in [0.25, 0.3) is 0 Å². The molecule has 3 heterocycles. The monoisotopic (exact) mass is 832 g/mol. The number of fused-ring (bicyclic) bond motifs is 7. The smallest absolute Gasteiger partial charge is 0.164 e. The third-order valence-electron chi connectivity index (χ3n) is 11.6. The van der Waals surface area contributed by atoms with Crippen LogP contribution in [0.3, 0.4) is 0 Å². The molecule has 0 unspecified atom stereocenters. The molecule has 64 heavy (non-hydrogen) atoms. The van der Waals surface area contributed by atoms with E-state index in [1.165, 1.54) is 10.1 Å². The van der Waals surface area contributed by atoms with Gasteiger partial charge in [0.1, 0.15) is 0 Å². The average Bonchev–Trinajstić information content (AvgIpc) is 3.91. The van der Waals surface area contributed by atoms with Crippen molar-refractivity contribution < 1.29 is 0 Å². The van der Waals surface area contributed by atoms with Gasteiger partial charge < -0.3 is 4.57 Å².